The van der Waals surface area contributed by atoms with Gasteiger partial charge >= 0.3 is 11.9 Å². The predicted molar refractivity (Wildman–Crippen MR) is 98.7 cm³/mol. The highest BCUT2D eigenvalue weighted by molar-refractivity contribution is 6.30. The fraction of sp³-hybridized carbons (Fsp3) is 0.300. The lowest BCUT2D eigenvalue weighted by molar-refractivity contribution is -0.135. The molecule has 1 atom stereocenters. The molecule has 1 aliphatic carbocycles. The summed E-state index contributed by atoms with van der Waals surface area (Å²) in [6.07, 6.45) is 5.66. The van der Waals surface area contributed by atoms with Crippen LogP contribution in [0.4, 0.5) is 0 Å². The van der Waals surface area contributed by atoms with Crippen LogP contribution in [0.15, 0.2) is 59.4 Å². The van der Waals surface area contributed by atoms with E-state index in [1.807, 2.05) is 30.3 Å². The van der Waals surface area contributed by atoms with Gasteiger partial charge in [-0.3, -0.25) is 0 Å². The van der Waals surface area contributed by atoms with Gasteiger partial charge < -0.3 is 14.2 Å². The number of ether oxygens (including phenoxy) is 3. The van der Waals surface area contributed by atoms with E-state index < -0.39 is 11.9 Å². The van der Waals surface area contributed by atoms with Crippen LogP contribution in [0.5, 0.6) is 0 Å². The molecular weight excluding hydrogens is 356 g/mol. The number of rotatable bonds is 4. The SMILES string of the molecule is COC(=O)/C=C1\CC(OC)=CC(c2ccc(Cl)cc2)C\C1=C/C(=O)OC. The first-order valence-electron chi connectivity index (χ1n) is 8.04. The van der Waals surface area contributed by atoms with Crippen LogP contribution in [0.3, 0.4) is 0 Å². The first-order valence-corrected chi connectivity index (χ1v) is 8.42. The van der Waals surface area contributed by atoms with Gasteiger partial charge in [0.05, 0.1) is 27.1 Å². The summed E-state index contributed by atoms with van der Waals surface area (Å²) in [5.74, 6) is -0.308. The highest BCUT2D eigenvalue weighted by Gasteiger charge is 2.23. The molecule has 1 unspecified atom stereocenters. The Labute approximate surface area is 157 Å². The molecule has 0 radical (unpaired) electrons. The molecule has 26 heavy (non-hydrogen) atoms. The van der Waals surface area contributed by atoms with Crippen molar-refractivity contribution in [2.75, 3.05) is 21.3 Å². The molecule has 0 saturated carbocycles. The second kappa shape index (κ2) is 9.25. The number of benzene rings is 1. The van der Waals surface area contributed by atoms with Crippen molar-refractivity contribution in [1.82, 2.24) is 0 Å². The number of halogens is 1. The van der Waals surface area contributed by atoms with Gasteiger partial charge in [-0.1, -0.05) is 23.7 Å². The van der Waals surface area contributed by atoms with Gasteiger partial charge in [0.1, 0.15) is 0 Å². The first-order chi connectivity index (χ1) is 12.5. The van der Waals surface area contributed by atoms with Crippen LogP contribution in [-0.4, -0.2) is 33.3 Å². The Hall–Kier alpha value is -2.53. The van der Waals surface area contributed by atoms with Gasteiger partial charge in [-0.25, -0.2) is 9.59 Å². The second-order valence-corrected chi connectivity index (χ2v) is 6.20. The van der Waals surface area contributed by atoms with Crippen LogP contribution < -0.4 is 0 Å². The number of allylic oxidation sites excluding steroid dienone is 3. The molecule has 0 fully saturated rings. The Morgan fingerprint density at radius 1 is 1.00 bits per heavy atom. The van der Waals surface area contributed by atoms with Crippen LogP contribution in [0.1, 0.15) is 24.3 Å². The van der Waals surface area contributed by atoms with Crippen molar-refractivity contribution in [3.05, 3.63) is 70.0 Å². The molecule has 1 aromatic rings. The maximum Gasteiger partial charge on any atom is 0.330 e. The van der Waals surface area contributed by atoms with Crippen LogP contribution >= 0.6 is 11.6 Å². The van der Waals surface area contributed by atoms with Crippen molar-refractivity contribution in [2.45, 2.75) is 18.8 Å². The summed E-state index contributed by atoms with van der Waals surface area (Å²) < 4.78 is 15.0. The molecule has 0 bridgehead atoms. The Bertz CT molecular complexity index is 759. The second-order valence-electron chi connectivity index (χ2n) is 5.76. The highest BCUT2D eigenvalue weighted by Crippen LogP contribution is 2.36. The van der Waals surface area contributed by atoms with Crippen molar-refractivity contribution in [3.63, 3.8) is 0 Å². The van der Waals surface area contributed by atoms with Crippen molar-refractivity contribution < 1.29 is 23.8 Å². The van der Waals surface area contributed by atoms with Crippen molar-refractivity contribution in [2.24, 2.45) is 0 Å². The zero-order valence-electron chi connectivity index (χ0n) is 15.0. The minimum Gasteiger partial charge on any atom is -0.501 e. The number of carbonyl (C=O) groups excluding carboxylic acids is 2. The molecule has 0 heterocycles. The number of hydrogen-bond donors (Lipinski definition) is 0. The zero-order chi connectivity index (χ0) is 19.1. The number of esters is 2. The fourth-order valence-corrected chi connectivity index (χ4v) is 2.90. The molecule has 2 rings (SSSR count). The molecule has 1 aliphatic rings. The minimum atomic E-state index is -0.490. The average Bonchev–Trinajstić information content (AvgIpc) is 2.81. The quantitative estimate of drug-likeness (QED) is 0.588. The Kier molecular flexibility index (Phi) is 7.04. The predicted octanol–water partition coefficient (Wildman–Crippen LogP) is 3.95. The van der Waals surface area contributed by atoms with E-state index in [4.69, 9.17) is 25.8 Å². The summed E-state index contributed by atoms with van der Waals surface area (Å²) in [6, 6.07) is 7.50. The maximum atomic E-state index is 11.8. The Balaban J connectivity index is 2.49. The molecule has 138 valence electrons. The number of hydrogen-bond acceptors (Lipinski definition) is 5. The number of methoxy groups -OCH3 is 3. The smallest absolute Gasteiger partial charge is 0.330 e. The summed E-state index contributed by atoms with van der Waals surface area (Å²) in [5.41, 5.74) is 2.39. The normalized spacial score (nSPS) is 20.3. The molecular formula is C20H21ClO5. The van der Waals surface area contributed by atoms with Crippen LogP contribution in [0.25, 0.3) is 0 Å². The van der Waals surface area contributed by atoms with Crippen molar-refractivity contribution >= 4 is 23.5 Å². The monoisotopic (exact) mass is 376 g/mol. The maximum absolute atomic E-state index is 11.8. The summed E-state index contributed by atoms with van der Waals surface area (Å²) >= 11 is 5.98. The minimum absolute atomic E-state index is 0.0401. The molecule has 0 amide bonds. The molecule has 0 aliphatic heterocycles. The lowest BCUT2D eigenvalue weighted by atomic mass is 9.90. The lowest BCUT2D eigenvalue weighted by Crippen LogP contribution is -2.04. The van der Waals surface area contributed by atoms with E-state index in [0.29, 0.717) is 34.8 Å². The number of carbonyl (C=O) groups is 2. The highest BCUT2D eigenvalue weighted by atomic mass is 35.5. The molecule has 0 saturated heterocycles. The first kappa shape index (κ1) is 19.8. The van der Waals surface area contributed by atoms with Gasteiger partial charge in [0.2, 0.25) is 0 Å². The largest absolute Gasteiger partial charge is 0.501 e. The van der Waals surface area contributed by atoms with Gasteiger partial charge in [-0.15, -0.1) is 0 Å². The van der Waals surface area contributed by atoms with Crippen molar-refractivity contribution in [3.8, 4) is 0 Å². The van der Waals surface area contributed by atoms with E-state index in [0.717, 1.165) is 5.56 Å². The molecule has 0 N–H and O–H groups in total. The Morgan fingerprint density at radius 2 is 1.58 bits per heavy atom. The molecule has 0 spiro atoms. The lowest BCUT2D eigenvalue weighted by Gasteiger charge is -2.14. The van der Waals surface area contributed by atoms with Gasteiger partial charge in [-0.2, -0.15) is 0 Å². The van der Waals surface area contributed by atoms with Gasteiger partial charge in [0, 0.05) is 29.5 Å². The van der Waals surface area contributed by atoms with Crippen LogP contribution in [-0.2, 0) is 23.8 Å². The summed E-state index contributed by atoms with van der Waals surface area (Å²) in [6.45, 7) is 0. The fourth-order valence-electron chi connectivity index (χ4n) is 2.77. The Morgan fingerprint density at radius 3 is 2.12 bits per heavy atom. The summed E-state index contributed by atoms with van der Waals surface area (Å²) in [5, 5.41) is 0.648. The third-order valence-corrected chi connectivity index (χ3v) is 4.40. The van der Waals surface area contributed by atoms with E-state index in [1.54, 1.807) is 7.11 Å². The summed E-state index contributed by atoms with van der Waals surface area (Å²) in [4.78, 5) is 23.6. The molecule has 1 aromatic carbocycles. The summed E-state index contributed by atoms with van der Waals surface area (Å²) in [7, 11) is 4.20. The van der Waals surface area contributed by atoms with Gasteiger partial charge in [0.15, 0.2) is 0 Å². The average molecular weight is 377 g/mol. The van der Waals surface area contributed by atoms with E-state index in [2.05, 4.69) is 0 Å². The van der Waals surface area contributed by atoms with E-state index in [1.165, 1.54) is 26.4 Å². The van der Waals surface area contributed by atoms with E-state index >= 15 is 0 Å². The molecule has 0 aromatic heterocycles. The zero-order valence-corrected chi connectivity index (χ0v) is 15.7. The third-order valence-electron chi connectivity index (χ3n) is 4.15. The molecule has 6 heteroatoms. The molecule has 5 nitrogen and oxygen atoms in total. The third kappa shape index (κ3) is 5.23. The van der Waals surface area contributed by atoms with Gasteiger partial charge in [-0.05, 0) is 41.3 Å². The van der Waals surface area contributed by atoms with Crippen LogP contribution in [0, 0.1) is 0 Å². The van der Waals surface area contributed by atoms with Crippen LogP contribution in [0.2, 0.25) is 5.02 Å². The van der Waals surface area contributed by atoms with E-state index in [-0.39, 0.29) is 5.92 Å². The van der Waals surface area contributed by atoms with E-state index in [9.17, 15) is 9.59 Å². The van der Waals surface area contributed by atoms with Crippen molar-refractivity contribution in [1.29, 1.82) is 0 Å². The van der Waals surface area contributed by atoms with Gasteiger partial charge in [0.25, 0.3) is 0 Å². The standard InChI is InChI=1S/C20H21ClO5/c1-24-18-9-14(13-4-6-17(21)7-5-13)8-15(11-19(22)25-2)16(10-18)12-20(23)26-3/h4-7,9,11-12,14H,8,10H2,1-3H3/b15-11+,16-12+. The topological polar surface area (TPSA) is 61.8 Å².